The lowest BCUT2D eigenvalue weighted by molar-refractivity contribution is -0.120. The smallest absolute Gasteiger partial charge is 0.264 e. The second-order valence-corrected chi connectivity index (χ2v) is 7.20. The largest absolute Gasteiger partial charge is 0.484 e. The third-order valence-electron chi connectivity index (χ3n) is 4.22. The Morgan fingerprint density at radius 2 is 1.92 bits per heavy atom. The Kier molecular flexibility index (Phi) is 6.18. The molecule has 2 aromatic carbocycles. The van der Waals surface area contributed by atoms with Crippen molar-refractivity contribution < 1.29 is 9.53 Å². The number of amides is 1. The van der Waals surface area contributed by atoms with Crippen molar-refractivity contribution in [2.45, 2.75) is 25.0 Å². The Hall–Kier alpha value is -2.20. The van der Waals surface area contributed by atoms with E-state index in [1.807, 2.05) is 59.5 Å². The molecule has 1 amide bonds. The van der Waals surface area contributed by atoms with E-state index < -0.39 is 0 Å². The normalized spacial score (nSPS) is 16.0. The molecule has 4 heteroatoms. The third-order valence-corrected chi connectivity index (χ3v) is 5.29. The highest BCUT2D eigenvalue weighted by Gasteiger charge is 2.22. The van der Waals surface area contributed by atoms with Gasteiger partial charge in [-0.1, -0.05) is 43.3 Å². The van der Waals surface area contributed by atoms with E-state index in [4.69, 9.17) is 4.74 Å². The van der Waals surface area contributed by atoms with Crippen molar-refractivity contribution in [2.24, 2.45) is 0 Å². The van der Waals surface area contributed by atoms with Gasteiger partial charge in [-0.15, -0.1) is 11.8 Å². The van der Waals surface area contributed by atoms with Gasteiger partial charge in [0.1, 0.15) is 5.75 Å². The Balaban J connectivity index is 1.65. The van der Waals surface area contributed by atoms with E-state index >= 15 is 0 Å². The molecule has 1 aliphatic rings. The number of anilines is 1. The van der Waals surface area contributed by atoms with Crippen molar-refractivity contribution in [1.82, 2.24) is 0 Å². The summed E-state index contributed by atoms with van der Waals surface area (Å²) < 4.78 is 5.72. The van der Waals surface area contributed by atoms with Crippen LogP contribution < -0.4 is 9.64 Å². The average molecular weight is 353 g/mol. The molecule has 1 heterocycles. The van der Waals surface area contributed by atoms with Gasteiger partial charge in [-0.2, -0.15) is 0 Å². The Morgan fingerprint density at radius 1 is 1.16 bits per heavy atom. The molecule has 0 radical (unpaired) electrons. The SMILES string of the molecule is CCc1ccc(OCC(=O)N(CC2CC=CS2)c2ccccc2)cc1. The molecule has 0 saturated heterocycles. The maximum absolute atomic E-state index is 12.8. The molecule has 0 aliphatic carbocycles. The van der Waals surface area contributed by atoms with E-state index in [0.717, 1.165) is 24.3 Å². The van der Waals surface area contributed by atoms with Gasteiger partial charge in [0.05, 0.1) is 0 Å². The standard InChI is InChI=1S/C21H23NO2S/c1-2-17-10-12-19(13-11-17)24-16-21(23)22(15-20-9-6-14-25-20)18-7-4-3-5-8-18/h3-8,10-14,20H,2,9,15-16H2,1H3. The molecule has 1 unspecified atom stereocenters. The molecule has 0 spiro atoms. The summed E-state index contributed by atoms with van der Waals surface area (Å²) in [6.07, 6.45) is 4.16. The molecule has 3 rings (SSSR count). The van der Waals surface area contributed by atoms with Crippen LogP contribution in [0.3, 0.4) is 0 Å². The van der Waals surface area contributed by atoms with Crippen LogP contribution in [0.2, 0.25) is 0 Å². The van der Waals surface area contributed by atoms with Crippen LogP contribution in [0.5, 0.6) is 5.75 Å². The zero-order valence-electron chi connectivity index (χ0n) is 14.4. The molecule has 0 N–H and O–H groups in total. The number of para-hydroxylation sites is 1. The van der Waals surface area contributed by atoms with Gasteiger partial charge in [0.2, 0.25) is 0 Å². The maximum atomic E-state index is 12.8. The zero-order chi connectivity index (χ0) is 17.5. The fourth-order valence-corrected chi connectivity index (χ4v) is 3.66. The number of carbonyl (C=O) groups excluding carboxylic acids is 1. The number of hydrogen-bond donors (Lipinski definition) is 0. The molecule has 0 bridgehead atoms. The van der Waals surface area contributed by atoms with Crippen molar-refractivity contribution in [1.29, 1.82) is 0 Å². The highest BCUT2D eigenvalue weighted by Crippen LogP contribution is 2.27. The van der Waals surface area contributed by atoms with E-state index in [2.05, 4.69) is 18.4 Å². The number of nitrogens with zero attached hydrogens (tertiary/aromatic N) is 1. The number of thioether (sulfide) groups is 1. The summed E-state index contributed by atoms with van der Waals surface area (Å²) >= 11 is 1.79. The molecule has 0 aromatic heterocycles. The van der Waals surface area contributed by atoms with Gasteiger partial charge in [-0.3, -0.25) is 4.79 Å². The fraction of sp³-hybridized carbons (Fsp3) is 0.286. The maximum Gasteiger partial charge on any atom is 0.264 e. The van der Waals surface area contributed by atoms with Crippen LogP contribution >= 0.6 is 11.8 Å². The van der Waals surface area contributed by atoms with Crippen molar-refractivity contribution >= 4 is 23.4 Å². The van der Waals surface area contributed by atoms with E-state index in [1.54, 1.807) is 11.8 Å². The molecular weight excluding hydrogens is 330 g/mol. The summed E-state index contributed by atoms with van der Waals surface area (Å²) in [4.78, 5) is 14.6. The monoisotopic (exact) mass is 353 g/mol. The van der Waals surface area contributed by atoms with Crippen molar-refractivity contribution in [2.75, 3.05) is 18.1 Å². The first-order valence-electron chi connectivity index (χ1n) is 8.64. The van der Waals surface area contributed by atoms with Crippen molar-refractivity contribution in [3.8, 4) is 5.75 Å². The van der Waals surface area contributed by atoms with Crippen LogP contribution in [0.1, 0.15) is 18.9 Å². The van der Waals surface area contributed by atoms with Gasteiger partial charge in [0.15, 0.2) is 6.61 Å². The first kappa shape index (κ1) is 17.6. The predicted octanol–water partition coefficient (Wildman–Crippen LogP) is 4.68. The number of aryl methyl sites for hydroxylation is 1. The van der Waals surface area contributed by atoms with Gasteiger partial charge in [0.25, 0.3) is 5.91 Å². The minimum Gasteiger partial charge on any atom is -0.484 e. The van der Waals surface area contributed by atoms with Crippen LogP contribution in [0.15, 0.2) is 66.1 Å². The summed E-state index contributed by atoms with van der Waals surface area (Å²) in [5, 5.41) is 2.53. The number of benzene rings is 2. The van der Waals surface area contributed by atoms with E-state index in [-0.39, 0.29) is 12.5 Å². The summed E-state index contributed by atoms with van der Waals surface area (Å²) in [6.45, 7) is 2.86. The van der Waals surface area contributed by atoms with Gasteiger partial charge >= 0.3 is 0 Å². The van der Waals surface area contributed by atoms with Crippen LogP contribution in [-0.4, -0.2) is 24.3 Å². The van der Waals surface area contributed by atoms with Gasteiger partial charge in [0, 0.05) is 17.5 Å². The summed E-state index contributed by atoms with van der Waals surface area (Å²) in [5.74, 6) is 0.716. The molecule has 130 valence electrons. The van der Waals surface area contributed by atoms with Gasteiger partial charge in [-0.05, 0) is 48.1 Å². The molecule has 3 nitrogen and oxygen atoms in total. The number of hydrogen-bond acceptors (Lipinski definition) is 3. The summed E-state index contributed by atoms with van der Waals surface area (Å²) in [7, 11) is 0. The zero-order valence-corrected chi connectivity index (χ0v) is 15.2. The predicted molar refractivity (Wildman–Crippen MR) is 105 cm³/mol. The van der Waals surface area contributed by atoms with Crippen LogP contribution in [-0.2, 0) is 11.2 Å². The third kappa shape index (κ3) is 4.89. The minimum absolute atomic E-state index is 0.0155. The first-order chi connectivity index (χ1) is 12.3. The van der Waals surface area contributed by atoms with E-state index in [1.165, 1.54) is 5.56 Å². The highest BCUT2D eigenvalue weighted by molar-refractivity contribution is 8.03. The number of ether oxygens (including phenoxy) is 1. The topological polar surface area (TPSA) is 29.5 Å². The lowest BCUT2D eigenvalue weighted by Gasteiger charge is -2.25. The van der Waals surface area contributed by atoms with E-state index in [0.29, 0.717) is 11.8 Å². The number of carbonyl (C=O) groups is 1. The molecule has 0 fully saturated rings. The molecule has 2 aromatic rings. The second kappa shape index (κ2) is 8.77. The van der Waals surface area contributed by atoms with Crippen LogP contribution in [0, 0.1) is 0 Å². The molecule has 1 aliphatic heterocycles. The average Bonchev–Trinajstić information content (AvgIpc) is 3.18. The van der Waals surface area contributed by atoms with Crippen LogP contribution in [0.4, 0.5) is 5.69 Å². The number of rotatable bonds is 7. The minimum atomic E-state index is -0.0155. The Labute approximate surface area is 153 Å². The van der Waals surface area contributed by atoms with E-state index in [9.17, 15) is 4.79 Å². The number of allylic oxidation sites excluding steroid dienone is 1. The summed E-state index contributed by atoms with van der Waals surface area (Å²) in [6, 6.07) is 17.8. The molecule has 1 atom stereocenters. The lowest BCUT2D eigenvalue weighted by atomic mass is 10.2. The highest BCUT2D eigenvalue weighted by atomic mass is 32.2. The van der Waals surface area contributed by atoms with Crippen LogP contribution in [0.25, 0.3) is 0 Å². The second-order valence-electron chi connectivity index (χ2n) is 5.99. The van der Waals surface area contributed by atoms with Crippen molar-refractivity contribution in [3.63, 3.8) is 0 Å². The molecular formula is C21H23NO2S. The first-order valence-corrected chi connectivity index (χ1v) is 9.58. The van der Waals surface area contributed by atoms with Gasteiger partial charge in [-0.25, -0.2) is 0 Å². The van der Waals surface area contributed by atoms with Crippen molar-refractivity contribution in [3.05, 3.63) is 71.6 Å². The molecule has 25 heavy (non-hydrogen) atoms. The quantitative estimate of drug-likeness (QED) is 0.724. The Bertz CT molecular complexity index is 704. The fourth-order valence-electron chi connectivity index (χ4n) is 2.75. The Morgan fingerprint density at radius 3 is 2.56 bits per heavy atom. The molecule has 0 saturated carbocycles. The summed E-state index contributed by atoms with van der Waals surface area (Å²) in [5.41, 5.74) is 2.18. The van der Waals surface area contributed by atoms with Gasteiger partial charge < -0.3 is 9.64 Å². The lowest BCUT2D eigenvalue weighted by Crippen LogP contribution is -2.39.